The SMILES string of the molecule is Nc1ccccc1CN1CCCOc2ccccc21. The highest BCUT2D eigenvalue weighted by Crippen LogP contribution is 2.32. The molecular formula is C16H18N2O. The third-order valence-electron chi connectivity index (χ3n) is 3.45. The van der Waals surface area contributed by atoms with E-state index in [1.165, 1.54) is 5.56 Å². The molecule has 3 nitrogen and oxygen atoms in total. The average molecular weight is 254 g/mol. The second-order valence-electron chi connectivity index (χ2n) is 4.79. The van der Waals surface area contributed by atoms with Crippen LogP contribution in [0.1, 0.15) is 12.0 Å². The molecule has 0 unspecified atom stereocenters. The molecule has 0 aliphatic carbocycles. The number of nitrogens with two attached hydrogens (primary N) is 1. The smallest absolute Gasteiger partial charge is 0.142 e. The summed E-state index contributed by atoms with van der Waals surface area (Å²) >= 11 is 0. The van der Waals surface area contributed by atoms with Gasteiger partial charge in [0.25, 0.3) is 0 Å². The summed E-state index contributed by atoms with van der Waals surface area (Å²) < 4.78 is 5.77. The summed E-state index contributed by atoms with van der Waals surface area (Å²) in [6, 6.07) is 16.2. The lowest BCUT2D eigenvalue weighted by Gasteiger charge is -2.24. The summed E-state index contributed by atoms with van der Waals surface area (Å²) in [5, 5.41) is 0. The van der Waals surface area contributed by atoms with Crippen LogP contribution in [-0.2, 0) is 6.54 Å². The summed E-state index contributed by atoms with van der Waals surface area (Å²) in [6.07, 6.45) is 1.03. The molecule has 0 bridgehead atoms. The van der Waals surface area contributed by atoms with Crippen molar-refractivity contribution in [1.82, 2.24) is 0 Å². The molecule has 0 amide bonds. The number of nitrogen functional groups attached to an aromatic ring is 1. The van der Waals surface area contributed by atoms with Gasteiger partial charge in [-0.15, -0.1) is 0 Å². The standard InChI is InChI=1S/C16H18N2O/c17-14-7-2-1-6-13(14)12-18-10-5-11-19-16-9-4-3-8-15(16)18/h1-4,6-9H,5,10-12,17H2. The fourth-order valence-electron chi connectivity index (χ4n) is 2.45. The van der Waals surface area contributed by atoms with Gasteiger partial charge in [0.15, 0.2) is 0 Å². The molecule has 1 heterocycles. The van der Waals surface area contributed by atoms with E-state index in [-0.39, 0.29) is 0 Å². The number of hydrogen-bond acceptors (Lipinski definition) is 3. The van der Waals surface area contributed by atoms with Crippen LogP contribution >= 0.6 is 0 Å². The van der Waals surface area contributed by atoms with Crippen molar-refractivity contribution in [2.45, 2.75) is 13.0 Å². The van der Waals surface area contributed by atoms with Gasteiger partial charge in [-0.1, -0.05) is 30.3 Å². The first kappa shape index (κ1) is 11.9. The van der Waals surface area contributed by atoms with Gasteiger partial charge in [-0.25, -0.2) is 0 Å². The maximum Gasteiger partial charge on any atom is 0.142 e. The summed E-state index contributed by atoms with van der Waals surface area (Å²) in [7, 11) is 0. The number of para-hydroxylation sites is 3. The van der Waals surface area contributed by atoms with Crippen LogP contribution in [0.3, 0.4) is 0 Å². The van der Waals surface area contributed by atoms with Crippen molar-refractivity contribution in [3.8, 4) is 5.75 Å². The Labute approximate surface area is 113 Å². The number of benzene rings is 2. The van der Waals surface area contributed by atoms with Crippen LogP contribution < -0.4 is 15.4 Å². The zero-order chi connectivity index (χ0) is 13.1. The Morgan fingerprint density at radius 3 is 2.74 bits per heavy atom. The highest BCUT2D eigenvalue weighted by molar-refractivity contribution is 5.60. The Bertz CT molecular complexity index is 568. The largest absolute Gasteiger partial charge is 0.491 e. The van der Waals surface area contributed by atoms with E-state index in [9.17, 15) is 0 Å². The number of nitrogens with zero attached hydrogens (tertiary/aromatic N) is 1. The molecule has 0 atom stereocenters. The Hall–Kier alpha value is -2.16. The normalized spacial score (nSPS) is 14.4. The number of fused-ring (bicyclic) bond motifs is 1. The van der Waals surface area contributed by atoms with E-state index in [0.29, 0.717) is 0 Å². The molecule has 3 rings (SSSR count). The highest BCUT2D eigenvalue weighted by atomic mass is 16.5. The average Bonchev–Trinajstić information content (AvgIpc) is 2.64. The molecule has 2 aromatic carbocycles. The number of ether oxygens (including phenoxy) is 1. The Morgan fingerprint density at radius 2 is 1.84 bits per heavy atom. The first-order valence-electron chi connectivity index (χ1n) is 6.65. The molecule has 0 spiro atoms. The lowest BCUT2D eigenvalue weighted by Crippen LogP contribution is -2.23. The van der Waals surface area contributed by atoms with E-state index in [2.05, 4.69) is 23.1 Å². The van der Waals surface area contributed by atoms with Crippen LogP contribution in [0.5, 0.6) is 5.75 Å². The maximum atomic E-state index is 6.04. The monoisotopic (exact) mass is 254 g/mol. The maximum absolute atomic E-state index is 6.04. The third-order valence-corrected chi connectivity index (χ3v) is 3.45. The Kier molecular flexibility index (Phi) is 3.27. The topological polar surface area (TPSA) is 38.5 Å². The molecule has 0 saturated heterocycles. The molecule has 2 N–H and O–H groups in total. The van der Waals surface area contributed by atoms with Gasteiger partial charge in [0.2, 0.25) is 0 Å². The molecule has 1 aliphatic heterocycles. The predicted molar refractivity (Wildman–Crippen MR) is 78.5 cm³/mol. The zero-order valence-corrected chi connectivity index (χ0v) is 10.9. The molecular weight excluding hydrogens is 236 g/mol. The summed E-state index contributed by atoms with van der Waals surface area (Å²) in [5.74, 6) is 0.967. The van der Waals surface area contributed by atoms with Gasteiger partial charge in [0.1, 0.15) is 5.75 Å². The molecule has 0 aromatic heterocycles. The van der Waals surface area contributed by atoms with E-state index >= 15 is 0 Å². The van der Waals surface area contributed by atoms with E-state index in [1.54, 1.807) is 0 Å². The minimum atomic E-state index is 0.776. The lowest BCUT2D eigenvalue weighted by molar-refractivity contribution is 0.322. The van der Waals surface area contributed by atoms with Gasteiger partial charge in [-0.3, -0.25) is 0 Å². The van der Waals surface area contributed by atoms with Gasteiger partial charge in [0.05, 0.1) is 12.3 Å². The van der Waals surface area contributed by atoms with Gasteiger partial charge >= 0.3 is 0 Å². The molecule has 3 heteroatoms. The Balaban J connectivity index is 1.91. The minimum Gasteiger partial charge on any atom is -0.491 e. The highest BCUT2D eigenvalue weighted by Gasteiger charge is 2.16. The first-order valence-corrected chi connectivity index (χ1v) is 6.65. The summed E-state index contributed by atoms with van der Waals surface area (Å²) in [6.45, 7) is 2.59. The van der Waals surface area contributed by atoms with Gasteiger partial charge in [0, 0.05) is 18.8 Å². The van der Waals surface area contributed by atoms with E-state index in [4.69, 9.17) is 10.5 Å². The minimum absolute atomic E-state index is 0.776. The lowest BCUT2D eigenvalue weighted by atomic mass is 10.1. The molecule has 1 aliphatic rings. The van der Waals surface area contributed by atoms with Crippen LogP contribution in [0, 0.1) is 0 Å². The van der Waals surface area contributed by atoms with E-state index in [0.717, 1.165) is 43.2 Å². The van der Waals surface area contributed by atoms with Crippen molar-refractivity contribution in [2.75, 3.05) is 23.8 Å². The van der Waals surface area contributed by atoms with Crippen molar-refractivity contribution in [3.63, 3.8) is 0 Å². The van der Waals surface area contributed by atoms with Crippen LogP contribution in [0.15, 0.2) is 48.5 Å². The van der Waals surface area contributed by atoms with Crippen molar-refractivity contribution < 1.29 is 4.74 Å². The molecule has 19 heavy (non-hydrogen) atoms. The van der Waals surface area contributed by atoms with Crippen LogP contribution in [0.25, 0.3) is 0 Å². The molecule has 0 radical (unpaired) electrons. The van der Waals surface area contributed by atoms with Gasteiger partial charge < -0.3 is 15.4 Å². The van der Waals surface area contributed by atoms with Crippen molar-refractivity contribution >= 4 is 11.4 Å². The van der Waals surface area contributed by atoms with Gasteiger partial charge in [-0.2, -0.15) is 0 Å². The third kappa shape index (κ3) is 2.50. The fraction of sp³-hybridized carbons (Fsp3) is 0.250. The Morgan fingerprint density at radius 1 is 1.05 bits per heavy atom. The predicted octanol–water partition coefficient (Wildman–Crippen LogP) is 3.06. The van der Waals surface area contributed by atoms with Crippen LogP contribution in [0.4, 0.5) is 11.4 Å². The quantitative estimate of drug-likeness (QED) is 0.837. The second-order valence-corrected chi connectivity index (χ2v) is 4.79. The zero-order valence-electron chi connectivity index (χ0n) is 10.9. The number of hydrogen-bond donors (Lipinski definition) is 1. The molecule has 0 saturated carbocycles. The van der Waals surface area contributed by atoms with E-state index in [1.807, 2.05) is 30.3 Å². The summed E-state index contributed by atoms with van der Waals surface area (Å²) in [4.78, 5) is 2.34. The fourth-order valence-corrected chi connectivity index (χ4v) is 2.45. The number of anilines is 2. The van der Waals surface area contributed by atoms with Crippen molar-refractivity contribution in [3.05, 3.63) is 54.1 Å². The van der Waals surface area contributed by atoms with Crippen molar-refractivity contribution in [1.29, 1.82) is 0 Å². The first-order chi connectivity index (χ1) is 9.34. The second kappa shape index (κ2) is 5.22. The number of rotatable bonds is 2. The van der Waals surface area contributed by atoms with E-state index < -0.39 is 0 Å². The van der Waals surface area contributed by atoms with Crippen LogP contribution in [0.2, 0.25) is 0 Å². The molecule has 0 fully saturated rings. The van der Waals surface area contributed by atoms with Crippen LogP contribution in [-0.4, -0.2) is 13.2 Å². The van der Waals surface area contributed by atoms with Gasteiger partial charge in [-0.05, 0) is 30.2 Å². The van der Waals surface area contributed by atoms with Crippen molar-refractivity contribution in [2.24, 2.45) is 0 Å². The summed E-state index contributed by atoms with van der Waals surface area (Å²) in [5.41, 5.74) is 9.21. The molecule has 98 valence electrons. The molecule has 2 aromatic rings.